The van der Waals surface area contributed by atoms with E-state index in [1.54, 1.807) is 37.3 Å². The third kappa shape index (κ3) is 45.5. The standard InChI is InChI=1S/C7H12N2.C6H12N2.C6H14N2.C6H7N.C6H13N.C6H15N.C5H8N2.C5H11N.C5H5N.C4H6N2.C3H9N/c1-2-3-5-9-6-4-8-7-9;1-2-8-5-3-7(1)4-6-8;1-7-3-5-8(2)6-4-7;1-6-3-2-4-7-5-6;1-7-5-3-2-4-6-7;1-4-7(5-2)6-3;1-5-6-3-4-7(5)2;1-6-4-2-3-5-6;1-2-4-6-5-3-1;1-6-3-2-5-4-6;1-4(2)3/h4,6-7H,2-3,5H2,1H3;1-6H2;3-6H2,1-2H3;2-5H,1H3;2-6H2,1H3;4-6H2,1-3H3;3-4H,1-2H3;2-5H2,1H3;1-5H;2-4H,1H3;1-3H3. The Hall–Kier alpha value is -4.39. The van der Waals surface area contributed by atoms with Gasteiger partial charge in [0.1, 0.15) is 5.82 Å². The summed E-state index contributed by atoms with van der Waals surface area (Å²) in [6.45, 7) is 35.5. The zero-order valence-electron chi connectivity index (χ0n) is 50.6. The van der Waals surface area contributed by atoms with Crippen LogP contribution in [-0.2, 0) is 20.6 Å². The second-order valence-corrected chi connectivity index (χ2v) is 20.1. The molecule has 6 fully saturated rings. The minimum Gasteiger partial charge on any atom is -0.341 e. The Labute approximate surface area is 460 Å². The Morgan fingerprint density at radius 2 is 0.920 bits per heavy atom. The van der Waals surface area contributed by atoms with Crippen LogP contribution in [-0.4, -0.2) is 238 Å². The van der Waals surface area contributed by atoms with E-state index in [1.165, 1.54) is 162 Å². The number of hydrogen-bond acceptors (Lipinski definition) is 13. The van der Waals surface area contributed by atoms with Crippen LogP contribution in [0.2, 0.25) is 0 Å². The number of unbranched alkanes of at least 4 members (excludes halogenated alkanes) is 1. The highest BCUT2D eigenvalue weighted by Gasteiger charge is 2.21. The Morgan fingerprint density at radius 1 is 0.467 bits per heavy atom. The number of piperidine rings is 1. The molecule has 6 aliphatic rings. The number of pyridine rings is 2. The molecule has 0 spiro atoms. The fraction of sp³-hybridized carbons (Fsp3) is 0.678. The van der Waals surface area contributed by atoms with Gasteiger partial charge < -0.3 is 43.1 Å². The van der Waals surface area contributed by atoms with Gasteiger partial charge in [0.15, 0.2) is 0 Å². The van der Waals surface area contributed by atoms with Gasteiger partial charge in [-0.2, -0.15) is 0 Å². The Balaban J connectivity index is 0.000000807. The molecule has 11 rings (SSSR count). The number of aryl methyl sites for hydroxylation is 5. The first-order chi connectivity index (χ1) is 36.1. The molecule has 0 N–H and O–H groups in total. The molecular weight excluding hydrogens is 933 g/mol. The SMILES string of the molecule is C1CN2CCN1CC2.CCCCn1ccnc1.CCN(CC)CC.CN(C)C.CN1CCCC1.CN1CCCCC1.CN1CCN(C)CC1.Cc1cccnc1.Cc1nccn1C.Cn1ccnc1.c1ccncc1. The molecule has 0 radical (unpaired) electrons. The van der Waals surface area contributed by atoms with Crippen molar-refractivity contribution in [3.05, 3.63) is 116 Å². The smallest absolute Gasteiger partial charge is 0.105 e. The van der Waals surface area contributed by atoms with E-state index in [9.17, 15) is 0 Å². The molecule has 2 bridgehead atoms. The summed E-state index contributed by atoms with van der Waals surface area (Å²) in [6, 6.07) is 9.66. The van der Waals surface area contributed by atoms with Crippen molar-refractivity contribution >= 4 is 0 Å². The zero-order valence-corrected chi connectivity index (χ0v) is 50.6. The number of likely N-dealkylation sites (N-methyl/N-ethyl adjacent to an activating group) is 2. The third-order valence-corrected chi connectivity index (χ3v) is 12.6. The van der Waals surface area contributed by atoms with Crippen LogP contribution in [0.3, 0.4) is 0 Å². The molecule has 16 heteroatoms. The van der Waals surface area contributed by atoms with E-state index < -0.39 is 0 Å². The molecule has 0 aliphatic carbocycles. The molecule has 5 aromatic heterocycles. The summed E-state index contributed by atoms with van der Waals surface area (Å²) in [5, 5.41) is 0. The molecule has 0 aromatic carbocycles. The molecule has 5 aromatic rings. The number of likely N-dealkylation sites (tertiary alicyclic amines) is 2. The van der Waals surface area contributed by atoms with E-state index in [2.05, 4.69) is 120 Å². The van der Waals surface area contributed by atoms with Crippen LogP contribution in [0.15, 0.2) is 105 Å². The largest absolute Gasteiger partial charge is 0.341 e. The summed E-state index contributed by atoms with van der Waals surface area (Å²) in [7, 11) is 18.6. The van der Waals surface area contributed by atoms with Gasteiger partial charge in [-0.3, -0.25) is 19.8 Å². The molecule has 75 heavy (non-hydrogen) atoms. The van der Waals surface area contributed by atoms with Crippen molar-refractivity contribution in [2.24, 2.45) is 14.1 Å². The van der Waals surface area contributed by atoms with Crippen molar-refractivity contribution in [3.63, 3.8) is 0 Å². The van der Waals surface area contributed by atoms with Crippen LogP contribution in [0.5, 0.6) is 0 Å². The maximum atomic E-state index is 3.98. The summed E-state index contributed by atoms with van der Waals surface area (Å²) in [4.78, 5) is 38.3. The minimum absolute atomic E-state index is 1.06. The van der Waals surface area contributed by atoms with Crippen molar-refractivity contribution < 1.29 is 0 Å². The van der Waals surface area contributed by atoms with Crippen LogP contribution < -0.4 is 0 Å². The lowest BCUT2D eigenvalue weighted by Gasteiger charge is -2.41. The molecule has 428 valence electrons. The van der Waals surface area contributed by atoms with Crippen LogP contribution >= 0.6 is 0 Å². The van der Waals surface area contributed by atoms with Gasteiger partial charge in [0.25, 0.3) is 0 Å². The highest BCUT2D eigenvalue weighted by atomic mass is 15.3. The number of hydrogen-bond donors (Lipinski definition) is 0. The first-order valence-electron chi connectivity index (χ1n) is 28.2. The zero-order chi connectivity index (χ0) is 55.7. The second-order valence-electron chi connectivity index (χ2n) is 20.1. The quantitative estimate of drug-likeness (QED) is 0.164. The molecule has 16 nitrogen and oxygen atoms in total. The molecule has 0 atom stereocenters. The molecule has 0 amide bonds. The van der Waals surface area contributed by atoms with Crippen molar-refractivity contribution in [1.82, 2.24) is 77.8 Å². The predicted molar refractivity (Wildman–Crippen MR) is 321 cm³/mol. The summed E-state index contributed by atoms with van der Waals surface area (Å²) in [5.41, 5.74) is 1.21. The summed E-state index contributed by atoms with van der Waals surface area (Å²) in [5.74, 6) is 1.06. The lowest BCUT2D eigenvalue weighted by Crippen LogP contribution is -2.55. The van der Waals surface area contributed by atoms with Gasteiger partial charge in [0, 0.05) is 148 Å². The minimum atomic E-state index is 1.06. The topological polar surface area (TPSA) is 105 Å². The normalized spacial score (nSPS) is 17.7. The predicted octanol–water partition coefficient (Wildman–Crippen LogP) is 8.12. The Bertz CT molecular complexity index is 1730. The van der Waals surface area contributed by atoms with Crippen LogP contribution in [0, 0.1) is 13.8 Å². The van der Waals surface area contributed by atoms with Crippen molar-refractivity contribution in [3.8, 4) is 0 Å². The van der Waals surface area contributed by atoms with Crippen LogP contribution in [0.4, 0.5) is 0 Å². The van der Waals surface area contributed by atoms with Gasteiger partial charge in [-0.15, -0.1) is 0 Å². The Kier molecular flexibility index (Phi) is 46.3. The molecule has 11 heterocycles. The van der Waals surface area contributed by atoms with E-state index in [0.717, 1.165) is 12.4 Å². The van der Waals surface area contributed by atoms with Crippen molar-refractivity contribution in [1.29, 1.82) is 0 Å². The summed E-state index contributed by atoms with van der Waals surface area (Å²) < 4.78 is 5.96. The van der Waals surface area contributed by atoms with Crippen molar-refractivity contribution in [2.45, 2.75) is 93.0 Å². The lowest BCUT2D eigenvalue weighted by molar-refractivity contribution is 0.0647. The molecule has 6 aliphatic heterocycles. The number of nitrogens with zero attached hydrogens (tertiary/aromatic N) is 16. The monoisotopic (exact) mass is 1040 g/mol. The van der Waals surface area contributed by atoms with Gasteiger partial charge in [-0.25, -0.2) is 15.0 Å². The van der Waals surface area contributed by atoms with Gasteiger partial charge in [0.05, 0.1) is 12.7 Å². The average molecular weight is 1050 g/mol. The van der Waals surface area contributed by atoms with E-state index in [-0.39, 0.29) is 0 Å². The fourth-order valence-electron chi connectivity index (χ4n) is 7.31. The molecular formula is C59H112N16. The lowest BCUT2D eigenvalue weighted by atomic mass is 10.1. The molecule has 0 saturated carbocycles. The van der Waals surface area contributed by atoms with Gasteiger partial charge >= 0.3 is 0 Å². The van der Waals surface area contributed by atoms with Gasteiger partial charge in [-0.05, 0) is 165 Å². The highest BCUT2D eigenvalue weighted by Crippen LogP contribution is 2.07. The van der Waals surface area contributed by atoms with E-state index in [0.29, 0.717) is 0 Å². The fourth-order valence-corrected chi connectivity index (χ4v) is 7.31. The van der Waals surface area contributed by atoms with E-state index >= 15 is 0 Å². The maximum absolute atomic E-state index is 3.98. The first kappa shape index (κ1) is 70.6. The van der Waals surface area contributed by atoms with E-state index in [1.807, 2.05) is 131 Å². The third-order valence-electron chi connectivity index (χ3n) is 12.6. The highest BCUT2D eigenvalue weighted by molar-refractivity contribution is 5.04. The number of aromatic nitrogens is 8. The molecule has 6 saturated heterocycles. The number of piperazine rings is 4. The number of fused-ring (bicyclic) bond motifs is 3. The van der Waals surface area contributed by atoms with Gasteiger partial charge in [-0.1, -0.05) is 52.7 Å². The van der Waals surface area contributed by atoms with Crippen LogP contribution in [0.25, 0.3) is 0 Å². The first-order valence-corrected chi connectivity index (χ1v) is 28.2. The number of rotatable bonds is 6. The summed E-state index contributed by atoms with van der Waals surface area (Å²) in [6.07, 6.45) is 31.5. The van der Waals surface area contributed by atoms with E-state index in [4.69, 9.17) is 0 Å². The number of imidazole rings is 3. The molecule has 0 unspecified atom stereocenters. The van der Waals surface area contributed by atoms with Crippen LogP contribution in [0.1, 0.15) is 84.0 Å². The maximum Gasteiger partial charge on any atom is 0.105 e. The van der Waals surface area contributed by atoms with Crippen molar-refractivity contribution in [2.75, 3.05) is 161 Å². The second kappa shape index (κ2) is 49.2. The van der Waals surface area contributed by atoms with Gasteiger partial charge in [0.2, 0.25) is 0 Å². The Morgan fingerprint density at radius 3 is 1.12 bits per heavy atom. The average Bonchev–Trinajstić information content (AvgIpc) is 4.30. The summed E-state index contributed by atoms with van der Waals surface area (Å²) >= 11 is 0.